The van der Waals surface area contributed by atoms with E-state index in [1.54, 1.807) is 5.57 Å². The lowest BCUT2D eigenvalue weighted by Gasteiger charge is -2.54. The number of hydrogen-bond acceptors (Lipinski definition) is 1. The van der Waals surface area contributed by atoms with Crippen LogP contribution in [0.25, 0.3) is 0 Å². The Labute approximate surface area is 172 Å². The predicted molar refractivity (Wildman–Crippen MR) is 119 cm³/mol. The van der Waals surface area contributed by atoms with E-state index in [1.807, 2.05) is 6.08 Å². The molecule has 0 bridgehead atoms. The molecule has 0 heterocycles. The van der Waals surface area contributed by atoms with Gasteiger partial charge in [0.05, 0.1) is 0 Å². The quantitative estimate of drug-likeness (QED) is 0.534. The summed E-state index contributed by atoms with van der Waals surface area (Å²) in [7, 11) is 0. The highest BCUT2D eigenvalue weighted by Crippen LogP contribution is 2.95. The van der Waals surface area contributed by atoms with Gasteiger partial charge in [-0.2, -0.15) is 0 Å². The number of fused-ring (bicyclic) bond motifs is 1. The summed E-state index contributed by atoms with van der Waals surface area (Å²) in [5.41, 5.74) is 10.3. The summed E-state index contributed by atoms with van der Waals surface area (Å²) < 4.78 is 0. The van der Waals surface area contributed by atoms with Crippen molar-refractivity contribution in [2.75, 3.05) is 0 Å². The molecule has 1 heteroatoms. The Morgan fingerprint density at radius 1 is 1.07 bits per heavy atom. The van der Waals surface area contributed by atoms with Crippen molar-refractivity contribution >= 4 is 0 Å². The Hall–Kier alpha value is -0.820. The fraction of sp³-hybridized carbons (Fsp3) is 0.778. The lowest BCUT2D eigenvalue weighted by atomic mass is 9.50. The topological polar surface area (TPSA) is 26.0 Å². The predicted octanol–water partition coefficient (Wildman–Crippen LogP) is 6.81. The number of nitrogens with two attached hydrogens (primary N) is 1. The van der Waals surface area contributed by atoms with Gasteiger partial charge in [0.2, 0.25) is 0 Å². The van der Waals surface area contributed by atoms with E-state index in [0.29, 0.717) is 27.7 Å². The smallest absolute Gasteiger partial charge is 0.00418 e. The van der Waals surface area contributed by atoms with E-state index in [2.05, 4.69) is 45.6 Å². The van der Waals surface area contributed by atoms with Crippen molar-refractivity contribution in [3.8, 4) is 0 Å². The Morgan fingerprint density at radius 3 is 2.64 bits per heavy atom. The first-order valence-electron chi connectivity index (χ1n) is 12.2. The van der Waals surface area contributed by atoms with Gasteiger partial charge < -0.3 is 5.73 Å². The average Bonchev–Trinajstić information content (AvgIpc) is 2.92. The first kappa shape index (κ1) is 19.2. The zero-order chi connectivity index (χ0) is 19.8. The number of allylic oxidation sites excluding steroid dienone is 5. The van der Waals surface area contributed by atoms with E-state index in [9.17, 15) is 0 Å². The maximum atomic E-state index is 6.44. The molecule has 28 heavy (non-hydrogen) atoms. The van der Waals surface area contributed by atoms with E-state index >= 15 is 0 Å². The molecule has 8 atom stereocenters. The minimum Gasteiger partial charge on any atom is -0.328 e. The van der Waals surface area contributed by atoms with Gasteiger partial charge in [0.25, 0.3) is 0 Å². The van der Waals surface area contributed by atoms with Crippen LogP contribution in [0.15, 0.2) is 36.5 Å². The number of hydrogen-bond donors (Lipinski definition) is 1. The van der Waals surface area contributed by atoms with Crippen molar-refractivity contribution in [1.82, 2.24) is 0 Å². The van der Waals surface area contributed by atoms with Crippen molar-refractivity contribution in [3.63, 3.8) is 0 Å². The summed E-state index contributed by atoms with van der Waals surface area (Å²) in [6.45, 7) is 11.6. The van der Waals surface area contributed by atoms with Gasteiger partial charge in [0.1, 0.15) is 0 Å². The molecule has 2 N–H and O–H groups in total. The van der Waals surface area contributed by atoms with Gasteiger partial charge >= 0.3 is 0 Å². The molecular formula is C27H41N. The standard InChI is InChI=1S/C27H41N/c1-5-7-9-19(8-6-2)22-12-15-25(4)24(22,3)14-13-23-26-16-11-21(28)18-20(26)10-17-27(23,25)26/h5,7-9,20-23H,1,6,10-18,28H2,2-4H3/b9-7-,19-8+. The second kappa shape index (κ2) is 6.10. The third-order valence-corrected chi connectivity index (χ3v) is 11.3. The molecule has 5 fully saturated rings. The summed E-state index contributed by atoms with van der Waals surface area (Å²) in [6, 6.07) is 0.479. The first-order valence-corrected chi connectivity index (χ1v) is 12.2. The average molecular weight is 380 g/mol. The maximum Gasteiger partial charge on any atom is 0.00418 e. The van der Waals surface area contributed by atoms with Crippen LogP contribution in [-0.4, -0.2) is 6.04 Å². The summed E-state index contributed by atoms with van der Waals surface area (Å²) in [4.78, 5) is 0. The molecular weight excluding hydrogens is 338 g/mol. The fourth-order valence-corrected chi connectivity index (χ4v) is 10.3. The zero-order valence-electron chi connectivity index (χ0n) is 18.5. The van der Waals surface area contributed by atoms with Crippen LogP contribution in [0, 0.1) is 39.4 Å². The monoisotopic (exact) mass is 379 g/mol. The highest BCUT2D eigenvalue weighted by Gasteiger charge is 2.89. The third-order valence-electron chi connectivity index (χ3n) is 11.3. The number of rotatable bonds is 4. The van der Waals surface area contributed by atoms with E-state index in [-0.39, 0.29) is 0 Å². The normalized spacial score (nSPS) is 54.8. The van der Waals surface area contributed by atoms with Crippen LogP contribution in [0.3, 0.4) is 0 Å². The van der Waals surface area contributed by atoms with Crippen LogP contribution < -0.4 is 5.73 Å². The van der Waals surface area contributed by atoms with Gasteiger partial charge in [-0.25, -0.2) is 0 Å². The van der Waals surface area contributed by atoms with Crippen molar-refractivity contribution in [1.29, 1.82) is 0 Å². The minimum absolute atomic E-state index is 0.452. The van der Waals surface area contributed by atoms with Crippen LogP contribution >= 0.6 is 0 Å². The molecule has 5 saturated carbocycles. The molecule has 0 aromatic rings. The molecule has 0 saturated heterocycles. The first-order chi connectivity index (χ1) is 13.4. The van der Waals surface area contributed by atoms with Gasteiger partial charge in [-0.3, -0.25) is 0 Å². The molecule has 0 aliphatic heterocycles. The second-order valence-corrected chi connectivity index (χ2v) is 11.4. The summed E-state index contributed by atoms with van der Waals surface area (Å²) in [5, 5.41) is 0. The Bertz CT molecular complexity index is 733. The van der Waals surface area contributed by atoms with E-state index < -0.39 is 0 Å². The van der Waals surface area contributed by atoms with Gasteiger partial charge in [-0.1, -0.05) is 51.7 Å². The van der Waals surface area contributed by atoms with E-state index in [0.717, 1.165) is 24.2 Å². The molecule has 2 spiro atoms. The van der Waals surface area contributed by atoms with Crippen molar-refractivity contribution in [2.24, 2.45) is 45.1 Å². The largest absolute Gasteiger partial charge is 0.328 e. The van der Waals surface area contributed by atoms with Gasteiger partial charge in [0, 0.05) is 6.04 Å². The molecule has 1 nitrogen and oxygen atoms in total. The molecule has 0 amide bonds. The summed E-state index contributed by atoms with van der Waals surface area (Å²) in [5.74, 6) is 2.68. The van der Waals surface area contributed by atoms with Crippen LogP contribution in [-0.2, 0) is 0 Å². The summed E-state index contributed by atoms with van der Waals surface area (Å²) >= 11 is 0. The Kier molecular flexibility index (Phi) is 4.17. The highest BCUT2D eigenvalue weighted by molar-refractivity contribution is 5.40. The third kappa shape index (κ3) is 1.94. The highest BCUT2D eigenvalue weighted by atomic mass is 14.9. The Balaban J connectivity index is 1.54. The van der Waals surface area contributed by atoms with Gasteiger partial charge in [-0.05, 0) is 109 Å². The van der Waals surface area contributed by atoms with Crippen LogP contribution in [0.1, 0.15) is 85.0 Å². The molecule has 0 aromatic heterocycles. The fourth-order valence-electron chi connectivity index (χ4n) is 10.3. The van der Waals surface area contributed by atoms with Crippen LogP contribution in [0.5, 0.6) is 0 Å². The molecule has 5 aliphatic rings. The van der Waals surface area contributed by atoms with Crippen LogP contribution in [0.4, 0.5) is 0 Å². The maximum absolute atomic E-state index is 6.44. The van der Waals surface area contributed by atoms with E-state index in [1.165, 1.54) is 57.8 Å². The second-order valence-electron chi connectivity index (χ2n) is 11.4. The van der Waals surface area contributed by atoms with Crippen molar-refractivity contribution < 1.29 is 0 Å². The molecule has 5 rings (SSSR count). The molecule has 5 aliphatic carbocycles. The SMILES string of the molecule is C=C/C=C\C(=C/CC)C1CCC2(C)C1(C)CCC1C34CCC(N)CC3CCC142. The molecule has 8 unspecified atom stereocenters. The zero-order valence-corrected chi connectivity index (χ0v) is 18.5. The molecule has 0 radical (unpaired) electrons. The minimum atomic E-state index is 0.452. The molecule has 0 aromatic carbocycles. The van der Waals surface area contributed by atoms with Gasteiger partial charge in [-0.15, -0.1) is 0 Å². The molecule has 154 valence electrons. The van der Waals surface area contributed by atoms with E-state index in [4.69, 9.17) is 5.73 Å². The van der Waals surface area contributed by atoms with Crippen molar-refractivity contribution in [3.05, 3.63) is 36.5 Å². The lowest BCUT2D eigenvalue weighted by Crippen LogP contribution is -2.48. The van der Waals surface area contributed by atoms with Crippen molar-refractivity contribution in [2.45, 2.75) is 91.0 Å². The summed E-state index contributed by atoms with van der Waals surface area (Å²) in [6.07, 6.45) is 22.9. The van der Waals surface area contributed by atoms with Crippen LogP contribution in [0.2, 0.25) is 0 Å². The van der Waals surface area contributed by atoms with Gasteiger partial charge in [0.15, 0.2) is 0 Å². The lowest BCUT2D eigenvalue weighted by molar-refractivity contribution is -0.0486. The Morgan fingerprint density at radius 2 is 1.89 bits per heavy atom.